The van der Waals surface area contributed by atoms with Gasteiger partial charge >= 0.3 is 0 Å². The van der Waals surface area contributed by atoms with Gasteiger partial charge < -0.3 is 16.4 Å². The van der Waals surface area contributed by atoms with Crippen LogP contribution in [0, 0.1) is 5.41 Å². The van der Waals surface area contributed by atoms with E-state index in [9.17, 15) is 4.39 Å². The van der Waals surface area contributed by atoms with Crippen LogP contribution < -0.4 is 11.5 Å². The van der Waals surface area contributed by atoms with Crippen LogP contribution in [-0.4, -0.2) is 36.1 Å². The molecule has 0 radical (unpaired) electrons. The third-order valence-corrected chi connectivity index (χ3v) is 1.39. The second kappa shape index (κ2) is 5.34. The molecule has 76 valence electrons. The van der Waals surface area contributed by atoms with Gasteiger partial charge in [-0.05, 0) is 13.8 Å². The number of rotatable bonds is 3. The monoisotopic (exact) mass is 189 g/mol. The number of nitrogens with zero attached hydrogens (tertiary/aromatic N) is 2. The Balaban J connectivity index is 4.24. The second-order valence-electron chi connectivity index (χ2n) is 2.68. The van der Waals surface area contributed by atoms with E-state index in [0.29, 0.717) is 6.54 Å². The average Bonchev–Trinajstić information content (AvgIpc) is 1.98. The van der Waals surface area contributed by atoms with E-state index in [1.165, 1.54) is 11.8 Å². The molecule has 0 saturated carbocycles. The van der Waals surface area contributed by atoms with Crippen molar-refractivity contribution < 1.29 is 4.39 Å². The molecule has 0 aliphatic heterocycles. The standard InChI is InChI=1S/C7H16FN5/c1-3-13(4-5(2)8)7(11)12-6(9)10/h5H,3-4H2,1-2H3,(H5,9,10,11,12). The highest BCUT2D eigenvalue weighted by atomic mass is 19.1. The van der Waals surface area contributed by atoms with Gasteiger partial charge in [0.15, 0.2) is 5.96 Å². The molecule has 0 spiro atoms. The Bertz CT molecular complexity index is 197. The maximum Gasteiger partial charge on any atom is 0.221 e. The Morgan fingerprint density at radius 2 is 2.15 bits per heavy atom. The molecule has 5 nitrogen and oxygen atoms in total. The van der Waals surface area contributed by atoms with Crippen molar-refractivity contribution in [2.24, 2.45) is 16.5 Å². The van der Waals surface area contributed by atoms with Crippen LogP contribution in [0.15, 0.2) is 4.99 Å². The van der Waals surface area contributed by atoms with Crippen molar-refractivity contribution in [1.29, 1.82) is 5.41 Å². The van der Waals surface area contributed by atoms with Crippen LogP contribution in [0.4, 0.5) is 4.39 Å². The first-order valence-electron chi connectivity index (χ1n) is 4.04. The highest BCUT2D eigenvalue weighted by Crippen LogP contribution is 1.97. The highest BCUT2D eigenvalue weighted by molar-refractivity contribution is 5.91. The Kier molecular flexibility index (Phi) is 4.79. The largest absolute Gasteiger partial charge is 0.370 e. The molecule has 1 unspecified atom stereocenters. The quantitative estimate of drug-likeness (QED) is 0.426. The third kappa shape index (κ3) is 5.00. The van der Waals surface area contributed by atoms with E-state index >= 15 is 0 Å². The number of aliphatic imine (C=N–C) groups is 1. The van der Waals surface area contributed by atoms with Crippen molar-refractivity contribution in [3.63, 3.8) is 0 Å². The smallest absolute Gasteiger partial charge is 0.221 e. The number of halogens is 1. The van der Waals surface area contributed by atoms with E-state index in [1.54, 1.807) is 6.92 Å². The molecule has 0 fully saturated rings. The molecule has 0 heterocycles. The van der Waals surface area contributed by atoms with Crippen molar-refractivity contribution >= 4 is 11.9 Å². The zero-order valence-corrected chi connectivity index (χ0v) is 7.92. The Morgan fingerprint density at radius 1 is 1.62 bits per heavy atom. The summed E-state index contributed by atoms with van der Waals surface area (Å²) < 4.78 is 12.6. The third-order valence-electron chi connectivity index (χ3n) is 1.39. The number of nitrogens with two attached hydrogens (primary N) is 2. The van der Waals surface area contributed by atoms with Gasteiger partial charge in [-0.1, -0.05) is 0 Å². The fraction of sp³-hybridized carbons (Fsp3) is 0.714. The molecule has 0 aromatic rings. The number of alkyl halides is 1. The van der Waals surface area contributed by atoms with Crippen LogP contribution in [0.3, 0.4) is 0 Å². The zero-order valence-electron chi connectivity index (χ0n) is 7.92. The molecule has 0 aliphatic rings. The molecule has 0 bridgehead atoms. The highest BCUT2D eigenvalue weighted by Gasteiger charge is 2.10. The fourth-order valence-electron chi connectivity index (χ4n) is 0.862. The van der Waals surface area contributed by atoms with Crippen LogP contribution >= 0.6 is 0 Å². The first-order chi connectivity index (χ1) is 5.97. The summed E-state index contributed by atoms with van der Waals surface area (Å²) in [6.45, 7) is 3.86. The Hall–Kier alpha value is -1.33. The molecule has 0 rings (SSSR count). The van der Waals surface area contributed by atoms with Crippen molar-refractivity contribution in [3.05, 3.63) is 0 Å². The maximum absolute atomic E-state index is 12.6. The summed E-state index contributed by atoms with van der Waals surface area (Å²) in [6, 6.07) is 0. The summed E-state index contributed by atoms with van der Waals surface area (Å²) in [5.41, 5.74) is 10.2. The number of hydrogen-bond donors (Lipinski definition) is 3. The van der Waals surface area contributed by atoms with E-state index in [0.717, 1.165) is 0 Å². The molecule has 0 aliphatic carbocycles. The SMILES string of the molecule is CCN(CC(C)F)C(=N)N=C(N)N. The van der Waals surface area contributed by atoms with Crippen molar-refractivity contribution in [3.8, 4) is 0 Å². The summed E-state index contributed by atoms with van der Waals surface area (Å²) in [6.07, 6.45) is -1.01. The predicted octanol–water partition coefficient (Wildman–Crippen LogP) is -0.126. The molecule has 5 N–H and O–H groups in total. The molecule has 0 amide bonds. The van der Waals surface area contributed by atoms with Crippen LogP contribution in [0.5, 0.6) is 0 Å². The molecule has 0 aromatic heterocycles. The van der Waals surface area contributed by atoms with E-state index < -0.39 is 6.17 Å². The van der Waals surface area contributed by atoms with Crippen LogP contribution in [0.25, 0.3) is 0 Å². The van der Waals surface area contributed by atoms with Crippen LogP contribution in [-0.2, 0) is 0 Å². The van der Waals surface area contributed by atoms with Crippen molar-refractivity contribution in [1.82, 2.24) is 4.90 Å². The van der Waals surface area contributed by atoms with E-state index in [1.807, 2.05) is 0 Å². The minimum atomic E-state index is -1.01. The van der Waals surface area contributed by atoms with Crippen molar-refractivity contribution in [2.75, 3.05) is 13.1 Å². The normalized spacial score (nSPS) is 11.9. The van der Waals surface area contributed by atoms with Gasteiger partial charge in [0.2, 0.25) is 5.96 Å². The van der Waals surface area contributed by atoms with Gasteiger partial charge in [0.1, 0.15) is 6.17 Å². The van der Waals surface area contributed by atoms with Crippen LogP contribution in [0.2, 0.25) is 0 Å². The van der Waals surface area contributed by atoms with E-state index in [2.05, 4.69) is 4.99 Å². The topological polar surface area (TPSA) is 91.5 Å². The van der Waals surface area contributed by atoms with Gasteiger partial charge in [0.25, 0.3) is 0 Å². The Morgan fingerprint density at radius 3 is 2.46 bits per heavy atom. The summed E-state index contributed by atoms with van der Waals surface area (Å²) in [4.78, 5) is 4.97. The fourth-order valence-corrected chi connectivity index (χ4v) is 0.862. The molecule has 0 aromatic carbocycles. The lowest BCUT2D eigenvalue weighted by Crippen LogP contribution is -2.36. The average molecular weight is 189 g/mol. The number of hydrogen-bond acceptors (Lipinski definition) is 1. The van der Waals surface area contributed by atoms with E-state index in [4.69, 9.17) is 16.9 Å². The zero-order chi connectivity index (χ0) is 10.4. The minimum absolute atomic E-state index is 0.105. The summed E-state index contributed by atoms with van der Waals surface area (Å²) >= 11 is 0. The molecule has 6 heteroatoms. The summed E-state index contributed by atoms with van der Waals surface area (Å²) in [5.74, 6) is -0.290. The molecule has 0 saturated heterocycles. The van der Waals surface area contributed by atoms with Gasteiger partial charge in [-0.2, -0.15) is 4.99 Å². The Labute approximate surface area is 77.1 Å². The first kappa shape index (κ1) is 11.7. The second-order valence-corrected chi connectivity index (χ2v) is 2.68. The lowest BCUT2D eigenvalue weighted by molar-refractivity contribution is 0.277. The summed E-state index contributed by atoms with van der Waals surface area (Å²) in [5, 5.41) is 7.38. The van der Waals surface area contributed by atoms with Crippen molar-refractivity contribution in [2.45, 2.75) is 20.0 Å². The maximum atomic E-state index is 12.6. The van der Waals surface area contributed by atoms with Gasteiger partial charge in [0.05, 0.1) is 6.54 Å². The first-order valence-corrected chi connectivity index (χ1v) is 4.04. The lowest BCUT2D eigenvalue weighted by atomic mass is 10.4. The molecular weight excluding hydrogens is 173 g/mol. The van der Waals surface area contributed by atoms with E-state index in [-0.39, 0.29) is 18.5 Å². The van der Waals surface area contributed by atoms with Gasteiger partial charge in [-0.15, -0.1) is 0 Å². The lowest BCUT2D eigenvalue weighted by Gasteiger charge is -2.20. The summed E-state index contributed by atoms with van der Waals surface area (Å²) in [7, 11) is 0. The molecule has 13 heavy (non-hydrogen) atoms. The van der Waals surface area contributed by atoms with Gasteiger partial charge in [-0.25, -0.2) is 4.39 Å². The molecule has 1 atom stereocenters. The number of guanidine groups is 2. The van der Waals surface area contributed by atoms with Gasteiger partial charge in [-0.3, -0.25) is 5.41 Å². The van der Waals surface area contributed by atoms with Crippen LogP contribution in [0.1, 0.15) is 13.8 Å². The molecular formula is C7H16FN5. The van der Waals surface area contributed by atoms with Gasteiger partial charge in [0, 0.05) is 6.54 Å². The minimum Gasteiger partial charge on any atom is -0.370 e. The number of nitrogens with one attached hydrogen (secondary N) is 1. The predicted molar refractivity (Wildman–Crippen MR) is 51.4 cm³/mol.